The molecule has 21 heavy (non-hydrogen) atoms. The summed E-state index contributed by atoms with van der Waals surface area (Å²) in [6, 6.07) is 4.48. The smallest absolute Gasteiger partial charge is 0.446 e. The number of esters is 1. The zero-order chi connectivity index (χ0) is 16.0. The third-order valence-corrected chi connectivity index (χ3v) is 3.55. The van der Waals surface area contributed by atoms with Crippen molar-refractivity contribution in [3.8, 4) is 6.07 Å². The lowest BCUT2D eigenvalue weighted by Crippen LogP contribution is -2.12. The van der Waals surface area contributed by atoms with Gasteiger partial charge in [0.2, 0.25) is 0 Å². The van der Waals surface area contributed by atoms with Crippen LogP contribution in [0.15, 0.2) is 17.0 Å². The zero-order valence-corrected chi connectivity index (χ0v) is 12.4. The minimum atomic E-state index is -4.42. The fourth-order valence-electron chi connectivity index (χ4n) is 1.94. The number of hydrogen-bond acceptors (Lipinski definition) is 4. The molecule has 1 aromatic carbocycles. The highest BCUT2D eigenvalue weighted by molar-refractivity contribution is 8.00. The number of rotatable bonds is 5. The Labute approximate surface area is 125 Å². The quantitative estimate of drug-likeness (QED) is 0.611. The molecule has 0 saturated carbocycles. The Balaban J connectivity index is 3.27. The maximum atomic E-state index is 12.6. The number of carbonyl (C=O) groups is 1. The number of nitriles is 1. The molecule has 1 aromatic rings. The van der Waals surface area contributed by atoms with Crippen molar-refractivity contribution in [3.63, 3.8) is 0 Å². The van der Waals surface area contributed by atoms with E-state index in [2.05, 4.69) is 0 Å². The molecule has 0 aliphatic rings. The lowest BCUT2D eigenvalue weighted by atomic mass is 9.97. The summed E-state index contributed by atoms with van der Waals surface area (Å²) in [4.78, 5) is 11.6. The molecule has 0 spiro atoms. The molecule has 0 atom stereocenters. The molecule has 0 aliphatic carbocycles. The fraction of sp³-hybridized carbons (Fsp3) is 0.429. The van der Waals surface area contributed by atoms with Crippen molar-refractivity contribution in [2.24, 2.45) is 0 Å². The van der Waals surface area contributed by atoms with Gasteiger partial charge in [-0.25, -0.2) is 0 Å². The summed E-state index contributed by atoms with van der Waals surface area (Å²) in [7, 11) is 0. The van der Waals surface area contributed by atoms with E-state index in [0.29, 0.717) is 17.5 Å². The number of halogens is 3. The van der Waals surface area contributed by atoms with Crippen LogP contribution in [-0.4, -0.2) is 18.1 Å². The molecule has 0 fully saturated rings. The van der Waals surface area contributed by atoms with Crippen molar-refractivity contribution in [1.82, 2.24) is 0 Å². The van der Waals surface area contributed by atoms with Crippen molar-refractivity contribution >= 4 is 17.7 Å². The molecule has 3 nitrogen and oxygen atoms in total. The van der Waals surface area contributed by atoms with E-state index in [1.165, 1.54) is 12.1 Å². The van der Waals surface area contributed by atoms with Gasteiger partial charge < -0.3 is 4.74 Å². The summed E-state index contributed by atoms with van der Waals surface area (Å²) in [6.07, 6.45) is 0.0921. The van der Waals surface area contributed by atoms with Crippen LogP contribution >= 0.6 is 11.8 Å². The average Bonchev–Trinajstić information content (AvgIpc) is 2.37. The summed E-state index contributed by atoms with van der Waals surface area (Å²) in [6.45, 7) is 3.50. The van der Waals surface area contributed by atoms with E-state index in [-0.39, 0.29) is 35.2 Å². The van der Waals surface area contributed by atoms with Gasteiger partial charge in [-0.2, -0.15) is 18.4 Å². The molecule has 0 aliphatic heterocycles. The van der Waals surface area contributed by atoms with Gasteiger partial charge in [0.25, 0.3) is 0 Å². The second-order valence-electron chi connectivity index (χ2n) is 4.06. The van der Waals surface area contributed by atoms with Gasteiger partial charge >= 0.3 is 11.5 Å². The Bertz CT molecular complexity index is 565. The first-order chi connectivity index (χ1) is 9.82. The van der Waals surface area contributed by atoms with E-state index < -0.39 is 11.5 Å². The monoisotopic (exact) mass is 317 g/mol. The number of alkyl halides is 3. The predicted octanol–water partition coefficient (Wildman–Crippen LogP) is 3.84. The minimum absolute atomic E-state index is 0.0169. The first kappa shape index (κ1) is 17.4. The Morgan fingerprint density at radius 1 is 1.33 bits per heavy atom. The number of thioether (sulfide) groups is 1. The fourth-order valence-corrected chi connectivity index (χ4v) is 2.72. The van der Waals surface area contributed by atoms with E-state index in [1.807, 2.05) is 6.07 Å². The second kappa shape index (κ2) is 7.36. The van der Waals surface area contributed by atoms with Gasteiger partial charge in [-0.1, -0.05) is 6.92 Å². The second-order valence-corrected chi connectivity index (χ2v) is 5.17. The third-order valence-electron chi connectivity index (χ3n) is 2.71. The van der Waals surface area contributed by atoms with E-state index >= 15 is 0 Å². The van der Waals surface area contributed by atoms with E-state index in [0.717, 1.165) is 0 Å². The van der Waals surface area contributed by atoms with Gasteiger partial charge in [-0.05, 0) is 48.4 Å². The van der Waals surface area contributed by atoms with Crippen LogP contribution in [0.3, 0.4) is 0 Å². The summed E-state index contributed by atoms with van der Waals surface area (Å²) < 4.78 is 42.5. The van der Waals surface area contributed by atoms with Crippen LogP contribution in [0, 0.1) is 11.3 Å². The molecule has 0 radical (unpaired) electrons. The highest BCUT2D eigenvalue weighted by Gasteiger charge is 2.31. The van der Waals surface area contributed by atoms with E-state index in [4.69, 9.17) is 10.00 Å². The Morgan fingerprint density at radius 2 is 2.00 bits per heavy atom. The summed E-state index contributed by atoms with van der Waals surface area (Å²) in [5.41, 5.74) is -3.54. The number of ether oxygens (including phenoxy) is 1. The maximum absolute atomic E-state index is 12.6. The van der Waals surface area contributed by atoms with Crippen LogP contribution < -0.4 is 0 Å². The summed E-state index contributed by atoms with van der Waals surface area (Å²) in [5.74, 6) is -0.558. The van der Waals surface area contributed by atoms with E-state index in [9.17, 15) is 18.0 Å². The lowest BCUT2D eigenvalue weighted by molar-refractivity contribution is -0.142. The van der Waals surface area contributed by atoms with E-state index in [1.54, 1.807) is 13.8 Å². The molecular formula is C14H14F3NO2S. The van der Waals surface area contributed by atoms with Crippen molar-refractivity contribution in [3.05, 3.63) is 28.8 Å². The molecule has 1 rings (SSSR count). The van der Waals surface area contributed by atoms with Crippen LogP contribution in [0.2, 0.25) is 0 Å². The molecule has 0 heterocycles. The third kappa shape index (κ3) is 4.97. The van der Waals surface area contributed by atoms with Gasteiger partial charge in [-0.15, -0.1) is 0 Å². The van der Waals surface area contributed by atoms with Crippen molar-refractivity contribution in [2.45, 2.75) is 37.1 Å². The first-order valence-electron chi connectivity index (χ1n) is 6.28. The van der Waals surface area contributed by atoms with Gasteiger partial charge in [-0.3, -0.25) is 4.79 Å². The lowest BCUT2D eigenvalue weighted by Gasteiger charge is -2.15. The molecule has 0 bridgehead atoms. The van der Waals surface area contributed by atoms with Gasteiger partial charge in [0.05, 0.1) is 24.7 Å². The number of benzene rings is 1. The summed E-state index contributed by atoms with van der Waals surface area (Å²) in [5, 5.41) is 9.07. The van der Waals surface area contributed by atoms with Gasteiger partial charge in [0, 0.05) is 4.90 Å². The van der Waals surface area contributed by atoms with Crippen molar-refractivity contribution in [1.29, 1.82) is 5.26 Å². The Morgan fingerprint density at radius 3 is 2.48 bits per heavy atom. The Hall–Kier alpha value is -1.68. The maximum Gasteiger partial charge on any atom is 0.446 e. The number of nitrogens with zero attached hydrogens (tertiary/aromatic N) is 1. The van der Waals surface area contributed by atoms with Gasteiger partial charge in [0.1, 0.15) is 0 Å². The SMILES string of the molecule is CCOC(=O)Cc1c(C#N)ccc(SC(F)(F)F)c1CC. The van der Waals surface area contributed by atoms with Crippen LogP contribution in [0.4, 0.5) is 13.2 Å². The van der Waals surface area contributed by atoms with Crippen molar-refractivity contribution in [2.75, 3.05) is 6.61 Å². The van der Waals surface area contributed by atoms with Gasteiger partial charge in [0.15, 0.2) is 0 Å². The van der Waals surface area contributed by atoms with Crippen LogP contribution in [0.1, 0.15) is 30.5 Å². The average molecular weight is 317 g/mol. The standard InChI is InChI=1S/C14H14F3NO2S/c1-3-10-11(7-13(19)20-4-2)9(8-18)5-6-12(10)21-14(15,16)17/h5-6H,3-4,7H2,1-2H3. The first-order valence-corrected chi connectivity index (χ1v) is 7.10. The highest BCUT2D eigenvalue weighted by Crippen LogP contribution is 2.40. The molecular weight excluding hydrogens is 303 g/mol. The highest BCUT2D eigenvalue weighted by atomic mass is 32.2. The van der Waals surface area contributed by atoms with Crippen LogP contribution in [0.25, 0.3) is 0 Å². The normalized spacial score (nSPS) is 11.0. The van der Waals surface area contributed by atoms with Crippen molar-refractivity contribution < 1.29 is 22.7 Å². The predicted molar refractivity (Wildman–Crippen MR) is 72.8 cm³/mol. The molecule has 0 saturated heterocycles. The number of hydrogen-bond donors (Lipinski definition) is 0. The topological polar surface area (TPSA) is 50.1 Å². The summed E-state index contributed by atoms with van der Waals surface area (Å²) >= 11 is -0.236. The molecule has 0 unspecified atom stereocenters. The molecule has 7 heteroatoms. The zero-order valence-electron chi connectivity index (χ0n) is 11.6. The minimum Gasteiger partial charge on any atom is -0.466 e. The molecule has 0 amide bonds. The van der Waals surface area contributed by atoms with Crippen LogP contribution in [0.5, 0.6) is 0 Å². The molecule has 0 N–H and O–H groups in total. The molecule has 114 valence electrons. The Kier molecular flexibility index (Phi) is 6.09. The molecule has 0 aromatic heterocycles. The van der Waals surface area contributed by atoms with Crippen LogP contribution in [-0.2, 0) is 22.4 Å². The largest absolute Gasteiger partial charge is 0.466 e. The number of carbonyl (C=O) groups excluding carboxylic acids is 1.